The first-order valence-corrected chi connectivity index (χ1v) is 11.6. The molecule has 0 aromatic heterocycles. The van der Waals surface area contributed by atoms with E-state index in [1.165, 1.54) is 19.8 Å². The normalized spacial score (nSPS) is 18.5. The molecule has 0 radical (unpaired) electrons. The van der Waals surface area contributed by atoms with Gasteiger partial charge in [-0.25, -0.2) is 9.80 Å². The van der Waals surface area contributed by atoms with Crippen molar-refractivity contribution in [3.05, 3.63) is 86.9 Å². The number of carboxylic acids is 1. The molecule has 2 aliphatic heterocycles. The SMILES string of the molecule is COc1ccc([C@H]2Oc3ccc(Br)cc3[C@H]3CC(c4ccc(C)cc4)=NN32)c(C(=O)O)c1OC. The second kappa shape index (κ2) is 8.68. The lowest BCUT2D eigenvalue weighted by Crippen LogP contribution is -2.34. The molecule has 1 N–H and O–H groups in total. The number of hydrogen-bond donors (Lipinski definition) is 1. The molecule has 0 fully saturated rings. The average molecular weight is 523 g/mol. The summed E-state index contributed by atoms with van der Waals surface area (Å²) < 4.78 is 18.1. The lowest BCUT2D eigenvalue weighted by Gasteiger charge is -2.38. The van der Waals surface area contributed by atoms with Crippen LogP contribution in [-0.2, 0) is 0 Å². The summed E-state index contributed by atoms with van der Waals surface area (Å²) in [4.78, 5) is 12.4. The van der Waals surface area contributed by atoms with Crippen LogP contribution < -0.4 is 14.2 Å². The Bertz CT molecular complexity index is 1310. The van der Waals surface area contributed by atoms with Gasteiger partial charge in [-0.15, -0.1) is 0 Å². The third kappa shape index (κ3) is 3.68. The van der Waals surface area contributed by atoms with Crippen molar-refractivity contribution in [2.24, 2.45) is 5.10 Å². The van der Waals surface area contributed by atoms with Crippen LogP contribution in [0.25, 0.3) is 0 Å². The van der Waals surface area contributed by atoms with E-state index in [-0.39, 0.29) is 17.4 Å². The summed E-state index contributed by atoms with van der Waals surface area (Å²) >= 11 is 3.56. The van der Waals surface area contributed by atoms with Crippen molar-refractivity contribution in [1.29, 1.82) is 0 Å². The summed E-state index contributed by atoms with van der Waals surface area (Å²) in [5.74, 6) is 0.0529. The Balaban J connectivity index is 1.67. The first kappa shape index (κ1) is 22.3. The quantitative estimate of drug-likeness (QED) is 0.461. The second-order valence-electron chi connectivity index (χ2n) is 8.24. The van der Waals surface area contributed by atoms with E-state index in [2.05, 4.69) is 40.2 Å². The molecule has 174 valence electrons. The molecule has 5 rings (SSSR count). The second-order valence-corrected chi connectivity index (χ2v) is 9.15. The van der Waals surface area contributed by atoms with E-state index in [4.69, 9.17) is 19.3 Å². The van der Waals surface area contributed by atoms with Gasteiger partial charge in [0, 0.05) is 22.0 Å². The minimum absolute atomic E-state index is 0.00912. The molecule has 0 spiro atoms. The van der Waals surface area contributed by atoms with Gasteiger partial charge in [0.25, 0.3) is 0 Å². The largest absolute Gasteiger partial charge is 0.493 e. The van der Waals surface area contributed by atoms with Gasteiger partial charge in [-0.3, -0.25) is 0 Å². The van der Waals surface area contributed by atoms with E-state index < -0.39 is 12.2 Å². The van der Waals surface area contributed by atoms with Crippen LogP contribution in [0.15, 0.2) is 64.2 Å². The van der Waals surface area contributed by atoms with E-state index in [0.29, 0.717) is 23.5 Å². The third-order valence-corrected chi connectivity index (χ3v) is 6.69. The van der Waals surface area contributed by atoms with Crippen molar-refractivity contribution in [2.45, 2.75) is 25.6 Å². The highest BCUT2D eigenvalue weighted by Gasteiger charge is 2.43. The summed E-state index contributed by atoms with van der Waals surface area (Å²) in [6.45, 7) is 2.05. The fraction of sp³-hybridized carbons (Fsp3) is 0.231. The number of aromatic carboxylic acids is 1. The highest BCUT2D eigenvalue weighted by atomic mass is 79.9. The smallest absolute Gasteiger partial charge is 0.340 e. The van der Waals surface area contributed by atoms with E-state index in [9.17, 15) is 9.90 Å². The Kier molecular flexibility index (Phi) is 5.69. The zero-order chi connectivity index (χ0) is 24.0. The summed E-state index contributed by atoms with van der Waals surface area (Å²) in [5.41, 5.74) is 4.55. The van der Waals surface area contributed by atoms with E-state index in [0.717, 1.165) is 21.3 Å². The molecule has 0 unspecified atom stereocenters. The minimum atomic E-state index is -1.13. The van der Waals surface area contributed by atoms with Gasteiger partial charge in [0.15, 0.2) is 11.5 Å². The number of nitrogens with zero attached hydrogens (tertiary/aromatic N) is 2. The number of fused-ring (bicyclic) bond motifs is 3. The number of benzene rings is 3. The molecule has 2 heterocycles. The number of hydrogen-bond acceptors (Lipinski definition) is 6. The molecule has 3 aromatic rings. The van der Waals surface area contributed by atoms with Crippen LogP contribution in [0, 0.1) is 6.92 Å². The highest BCUT2D eigenvalue weighted by Crippen LogP contribution is 2.50. The minimum Gasteiger partial charge on any atom is -0.493 e. The van der Waals surface area contributed by atoms with E-state index >= 15 is 0 Å². The Morgan fingerprint density at radius 2 is 1.85 bits per heavy atom. The van der Waals surface area contributed by atoms with Gasteiger partial charge in [-0.05, 0) is 42.8 Å². The molecular weight excluding hydrogens is 500 g/mol. The van der Waals surface area contributed by atoms with Crippen molar-refractivity contribution in [2.75, 3.05) is 14.2 Å². The molecule has 0 aliphatic carbocycles. The van der Waals surface area contributed by atoms with E-state index in [1.807, 2.05) is 30.1 Å². The lowest BCUT2D eigenvalue weighted by atomic mass is 9.94. The van der Waals surface area contributed by atoms with Gasteiger partial charge in [0.1, 0.15) is 11.3 Å². The predicted molar refractivity (Wildman–Crippen MR) is 131 cm³/mol. The number of hydrazone groups is 1. The molecule has 7 nitrogen and oxygen atoms in total. The number of aryl methyl sites for hydroxylation is 1. The molecule has 0 amide bonds. The van der Waals surface area contributed by atoms with Crippen molar-refractivity contribution in [1.82, 2.24) is 5.01 Å². The van der Waals surface area contributed by atoms with Crippen LogP contribution in [0.4, 0.5) is 0 Å². The van der Waals surface area contributed by atoms with Crippen LogP contribution >= 0.6 is 15.9 Å². The van der Waals surface area contributed by atoms with Crippen molar-refractivity contribution in [3.8, 4) is 17.2 Å². The maximum atomic E-state index is 12.4. The lowest BCUT2D eigenvalue weighted by molar-refractivity contribution is -0.0199. The fourth-order valence-corrected chi connectivity index (χ4v) is 4.93. The number of carbonyl (C=O) groups is 1. The number of ether oxygens (including phenoxy) is 3. The van der Waals surface area contributed by atoms with Crippen molar-refractivity contribution < 1.29 is 24.1 Å². The molecule has 0 saturated heterocycles. The molecular formula is C26H23BrN2O5. The number of rotatable bonds is 5. The van der Waals surface area contributed by atoms with Crippen molar-refractivity contribution >= 4 is 27.6 Å². The van der Waals surface area contributed by atoms with Crippen LogP contribution in [0.1, 0.15) is 51.3 Å². The monoisotopic (exact) mass is 522 g/mol. The maximum Gasteiger partial charge on any atom is 0.340 e. The molecule has 3 aromatic carbocycles. The Morgan fingerprint density at radius 1 is 1.09 bits per heavy atom. The molecule has 34 heavy (non-hydrogen) atoms. The summed E-state index contributed by atoms with van der Waals surface area (Å²) in [6, 6.07) is 17.4. The Hall–Kier alpha value is -3.52. The molecule has 8 heteroatoms. The van der Waals surface area contributed by atoms with Gasteiger partial charge >= 0.3 is 5.97 Å². The summed E-state index contributed by atoms with van der Waals surface area (Å²) in [6.07, 6.45) is -0.0882. The van der Waals surface area contributed by atoms with E-state index in [1.54, 1.807) is 12.1 Å². The maximum absolute atomic E-state index is 12.4. The molecule has 0 bridgehead atoms. The topological polar surface area (TPSA) is 80.6 Å². The standard InChI is InChI=1S/C26H23BrN2O5/c1-14-4-6-15(7-5-14)19-13-20-18-12-16(27)8-10-21(18)34-25(29(20)28-19)17-9-11-22(32-2)24(33-3)23(17)26(30)31/h4-12,20,25H,13H2,1-3H3,(H,30,31)/t20-,25-/m1/s1. The fourth-order valence-electron chi connectivity index (χ4n) is 4.55. The van der Waals surface area contributed by atoms with Gasteiger partial charge in [-0.2, -0.15) is 5.10 Å². The Morgan fingerprint density at radius 3 is 2.53 bits per heavy atom. The molecule has 2 aliphatic rings. The number of carboxylic acid groups (broad SMARTS) is 1. The zero-order valence-corrected chi connectivity index (χ0v) is 20.5. The Labute approximate surface area is 205 Å². The highest BCUT2D eigenvalue weighted by molar-refractivity contribution is 9.10. The molecule has 0 saturated carbocycles. The van der Waals surface area contributed by atoms with Crippen LogP contribution in [0.3, 0.4) is 0 Å². The van der Waals surface area contributed by atoms with Crippen molar-refractivity contribution in [3.63, 3.8) is 0 Å². The zero-order valence-electron chi connectivity index (χ0n) is 18.9. The van der Waals surface area contributed by atoms with Gasteiger partial charge < -0.3 is 19.3 Å². The predicted octanol–water partition coefficient (Wildman–Crippen LogP) is 5.72. The van der Waals surface area contributed by atoms with Crippen LogP contribution in [-0.4, -0.2) is 36.0 Å². The number of halogens is 1. The number of methoxy groups -OCH3 is 2. The first-order chi connectivity index (χ1) is 16.4. The van der Waals surface area contributed by atoms with Crippen LogP contribution in [0.2, 0.25) is 0 Å². The van der Waals surface area contributed by atoms with Gasteiger partial charge in [0.05, 0.1) is 26.0 Å². The molecule has 2 atom stereocenters. The summed E-state index contributed by atoms with van der Waals surface area (Å²) in [5, 5.41) is 16.9. The average Bonchev–Trinajstić information content (AvgIpc) is 3.29. The van der Waals surface area contributed by atoms with Crippen LogP contribution in [0.5, 0.6) is 17.2 Å². The van der Waals surface area contributed by atoms with Gasteiger partial charge in [0.2, 0.25) is 6.23 Å². The third-order valence-electron chi connectivity index (χ3n) is 6.19. The summed E-state index contributed by atoms with van der Waals surface area (Å²) in [7, 11) is 2.90. The van der Waals surface area contributed by atoms with Gasteiger partial charge in [-0.1, -0.05) is 45.8 Å². The first-order valence-electron chi connectivity index (χ1n) is 10.8.